The quantitative estimate of drug-likeness (QED) is 0.377. The van der Waals surface area contributed by atoms with Crippen LogP contribution in [-0.2, 0) is 10.2 Å². The van der Waals surface area contributed by atoms with Crippen LogP contribution >= 0.6 is 11.6 Å². The monoisotopic (exact) mass is 572 g/mol. The number of hydrogen-bond donors (Lipinski definition) is 2. The fourth-order valence-corrected chi connectivity index (χ4v) is 6.11. The van der Waals surface area contributed by atoms with Gasteiger partial charge in [-0.1, -0.05) is 36.7 Å². The number of halogens is 1. The zero-order valence-corrected chi connectivity index (χ0v) is 23.6. The lowest BCUT2D eigenvalue weighted by Crippen LogP contribution is -2.52. The number of nitrogens with zero attached hydrogens (tertiary/aromatic N) is 4. The molecule has 0 amide bonds. The van der Waals surface area contributed by atoms with Crippen LogP contribution in [0.15, 0.2) is 59.5 Å². The summed E-state index contributed by atoms with van der Waals surface area (Å²) in [6, 6.07) is 13.6. The Labute approximate surface area is 233 Å². The van der Waals surface area contributed by atoms with Crippen LogP contribution in [0, 0.1) is 5.41 Å². The third-order valence-corrected chi connectivity index (χ3v) is 9.22. The first kappa shape index (κ1) is 27.4. The first-order valence-electron chi connectivity index (χ1n) is 12.9. The molecule has 2 fully saturated rings. The van der Waals surface area contributed by atoms with Gasteiger partial charge in [-0.3, -0.25) is 4.79 Å². The maximum atomic E-state index is 13.6. The van der Waals surface area contributed by atoms with Crippen LogP contribution < -0.4 is 25.7 Å². The van der Waals surface area contributed by atoms with Crippen LogP contribution in [0.2, 0.25) is 5.02 Å². The molecule has 2 aromatic carbocycles. The van der Waals surface area contributed by atoms with E-state index in [0.29, 0.717) is 41.8 Å². The number of aromatic nitrogens is 2. The molecule has 208 valence electrons. The highest BCUT2D eigenvalue weighted by molar-refractivity contribution is 7.87. The van der Waals surface area contributed by atoms with Gasteiger partial charge in [0.1, 0.15) is 5.69 Å². The second-order valence-corrected chi connectivity index (χ2v) is 12.7. The summed E-state index contributed by atoms with van der Waals surface area (Å²) in [6.07, 6.45) is 3.71. The molecule has 1 saturated heterocycles. The van der Waals surface area contributed by atoms with E-state index in [-0.39, 0.29) is 29.8 Å². The SMILES string of the molecule is CC(NS(=O)(=O)N1CCN(c2cnn(-c3cccc(Cl)c3)c(=O)c2OCC2(C)CC2)CC1)c1cccc(N)c1. The van der Waals surface area contributed by atoms with Crippen molar-refractivity contribution in [3.8, 4) is 11.4 Å². The van der Waals surface area contributed by atoms with Gasteiger partial charge in [0.15, 0.2) is 0 Å². The van der Waals surface area contributed by atoms with Crippen molar-refractivity contribution >= 4 is 33.2 Å². The average molecular weight is 573 g/mol. The van der Waals surface area contributed by atoms with E-state index in [0.717, 1.165) is 18.4 Å². The van der Waals surface area contributed by atoms with Crippen LogP contribution in [0.25, 0.3) is 5.69 Å². The number of piperazine rings is 1. The number of rotatable bonds is 9. The average Bonchev–Trinajstić information content (AvgIpc) is 3.64. The second kappa shape index (κ2) is 10.8. The third kappa shape index (κ3) is 6.22. The Bertz CT molecular complexity index is 1520. The predicted octanol–water partition coefficient (Wildman–Crippen LogP) is 3.36. The van der Waals surface area contributed by atoms with Gasteiger partial charge in [-0.2, -0.15) is 27.2 Å². The summed E-state index contributed by atoms with van der Waals surface area (Å²) in [5.74, 6) is 0.211. The molecule has 3 aromatic rings. The summed E-state index contributed by atoms with van der Waals surface area (Å²) in [4.78, 5) is 15.5. The Morgan fingerprint density at radius 3 is 2.51 bits per heavy atom. The number of nitrogen functional groups attached to an aromatic ring is 1. The lowest BCUT2D eigenvalue weighted by Gasteiger charge is -2.36. The number of nitrogens with two attached hydrogens (primary N) is 1. The Hall–Kier alpha value is -3.12. The highest BCUT2D eigenvalue weighted by Crippen LogP contribution is 2.45. The normalized spacial score (nSPS) is 18.1. The Morgan fingerprint density at radius 1 is 1.13 bits per heavy atom. The van der Waals surface area contributed by atoms with Gasteiger partial charge in [0, 0.05) is 48.3 Å². The molecule has 12 heteroatoms. The Balaban J connectivity index is 1.34. The number of anilines is 2. The molecule has 10 nitrogen and oxygen atoms in total. The largest absolute Gasteiger partial charge is 0.486 e. The number of benzene rings is 2. The summed E-state index contributed by atoms with van der Waals surface area (Å²) < 4.78 is 37.8. The molecule has 3 N–H and O–H groups in total. The zero-order chi connectivity index (χ0) is 27.8. The molecule has 2 heterocycles. The fourth-order valence-electron chi connectivity index (χ4n) is 4.55. The third-order valence-electron chi connectivity index (χ3n) is 7.29. The van der Waals surface area contributed by atoms with Crippen LogP contribution in [0.5, 0.6) is 5.75 Å². The van der Waals surface area contributed by atoms with Crippen molar-refractivity contribution in [3.63, 3.8) is 0 Å². The van der Waals surface area contributed by atoms with Gasteiger partial charge in [0.25, 0.3) is 10.2 Å². The number of hydrogen-bond acceptors (Lipinski definition) is 7. The molecule has 5 rings (SSSR count). The van der Waals surface area contributed by atoms with Crippen molar-refractivity contribution in [1.29, 1.82) is 0 Å². The van der Waals surface area contributed by atoms with Gasteiger partial charge in [0.2, 0.25) is 5.75 Å². The van der Waals surface area contributed by atoms with Gasteiger partial charge in [-0.25, -0.2) is 0 Å². The summed E-state index contributed by atoms with van der Waals surface area (Å²) in [6.45, 7) is 5.58. The standard InChI is InChI=1S/C27H33ClN6O4S/c1-19(20-5-3-7-22(29)15-20)31-39(36,37)33-13-11-32(12-14-33)24-17-30-34(23-8-4-6-21(28)16-23)26(35)25(24)38-18-27(2)9-10-27/h3-8,15-17,19,31H,9-14,18,29H2,1-2H3. The maximum Gasteiger partial charge on any atom is 0.316 e. The lowest BCUT2D eigenvalue weighted by molar-refractivity contribution is 0.242. The second-order valence-electron chi connectivity index (χ2n) is 10.6. The fraction of sp³-hybridized carbons (Fsp3) is 0.407. The minimum Gasteiger partial charge on any atom is -0.486 e. The van der Waals surface area contributed by atoms with Crippen LogP contribution in [0.3, 0.4) is 0 Å². The van der Waals surface area contributed by atoms with Gasteiger partial charge in [-0.15, -0.1) is 0 Å². The summed E-state index contributed by atoms with van der Waals surface area (Å²) in [5, 5.41) is 4.90. The molecular formula is C27H33ClN6O4S. The molecule has 2 aliphatic rings. The molecule has 1 saturated carbocycles. The Kier molecular flexibility index (Phi) is 7.60. The van der Waals surface area contributed by atoms with E-state index in [1.807, 2.05) is 11.0 Å². The van der Waals surface area contributed by atoms with Crippen molar-refractivity contribution in [2.24, 2.45) is 5.41 Å². The molecule has 39 heavy (non-hydrogen) atoms. The van der Waals surface area contributed by atoms with E-state index in [9.17, 15) is 13.2 Å². The van der Waals surface area contributed by atoms with Crippen molar-refractivity contribution in [2.45, 2.75) is 32.7 Å². The summed E-state index contributed by atoms with van der Waals surface area (Å²) in [5.41, 5.74) is 7.99. The minimum atomic E-state index is -3.74. The van der Waals surface area contributed by atoms with E-state index in [2.05, 4.69) is 16.7 Å². The first-order chi connectivity index (χ1) is 18.5. The first-order valence-corrected chi connectivity index (χ1v) is 14.8. The molecule has 1 aliphatic heterocycles. The van der Waals surface area contributed by atoms with Crippen molar-refractivity contribution in [3.05, 3.63) is 75.7 Å². The van der Waals surface area contributed by atoms with Crippen LogP contribution in [0.1, 0.15) is 38.3 Å². The molecule has 1 aromatic heterocycles. The van der Waals surface area contributed by atoms with E-state index in [1.165, 1.54) is 8.99 Å². The van der Waals surface area contributed by atoms with Crippen LogP contribution in [-0.4, -0.2) is 55.3 Å². The molecule has 0 bridgehead atoms. The predicted molar refractivity (Wildman–Crippen MR) is 153 cm³/mol. The summed E-state index contributed by atoms with van der Waals surface area (Å²) in [7, 11) is -3.74. The molecule has 0 radical (unpaired) electrons. The van der Waals surface area contributed by atoms with E-state index < -0.39 is 16.3 Å². The van der Waals surface area contributed by atoms with E-state index in [1.54, 1.807) is 55.6 Å². The molecule has 0 spiro atoms. The van der Waals surface area contributed by atoms with Gasteiger partial charge < -0.3 is 15.4 Å². The molecule has 1 unspecified atom stereocenters. The van der Waals surface area contributed by atoms with Crippen LogP contribution in [0.4, 0.5) is 11.4 Å². The molecule has 1 aliphatic carbocycles. The van der Waals surface area contributed by atoms with Crippen molar-refractivity contribution in [2.75, 3.05) is 43.4 Å². The summed E-state index contributed by atoms with van der Waals surface area (Å²) >= 11 is 6.15. The molecule has 1 atom stereocenters. The maximum absolute atomic E-state index is 13.6. The molecular weight excluding hydrogens is 540 g/mol. The van der Waals surface area contributed by atoms with E-state index in [4.69, 9.17) is 22.1 Å². The van der Waals surface area contributed by atoms with Crippen molar-refractivity contribution in [1.82, 2.24) is 18.8 Å². The van der Waals surface area contributed by atoms with Crippen molar-refractivity contribution < 1.29 is 13.2 Å². The zero-order valence-electron chi connectivity index (χ0n) is 22.0. The highest BCUT2D eigenvalue weighted by atomic mass is 35.5. The highest BCUT2D eigenvalue weighted by Gasteiger charge is 2.39. The van der Waals surface area contributed by atoms with Gasteiger partial charge >= 0.3 is 5.56 Å². The topological polar surface area (TPSA) is 123 Å². The lowest BCUT2D eigenvalue weighted by atomic mass is 10.1. The number of ether oxygens (including phenoxy) is 1. The van der Waals surface area contributed by atoms with Gasteiger partial charge in [-0.05, 0) is 55.7 Å². The van der Waals surface area contributed by atoms with Gasteiger partial charge in [0.05, 0.1) is 18.5 Å². The van der Waals surface area contributed by atoms with E-state index >= 15 is 0 Å². The number of nitrogens with one attached hydrogen (secondary N) is 1. The smallest absolute Gasteiger partial charge is 0.316 e. The minimum absolute atomic E-state index is 0.0619. The Morgan fingerprint density at radius 2 is 1.85 bits per heavy atom.